The second-order valence-corrected chi connectivity index (χ2v) is 19.4. The van der Waals surface area contributed by atoms with Crippen molar-refractivity contribution < 1.29 is 0 Å². The van der Waals surface area contributed by atoms with Crippen molar-refractivity contribution in [2.24, 2.45) is 0 Å². The maximum atomic E-state index is 2.72. The first-order chi connectivity index (χ1) is 32.1. The number of para-hydroxylation sites is 2. The Morgan fingerprint density at radius 1 is 0.446 bits per heavy atom. The van der Waals surface area contributed by atoms with E-state index < -0.39 is 0 Å². The van der Waals surface area contributed by atoms with Gasteiger partial charge in [0.15, 0.2) is 0 Å². The van der Waals surface area contributed by atoms with Crippen molar-refractivity contribution in [1.29, 1.82) is 0 Å². The number of unbranched alkanes of at least 4 members (excludes halogenated alkanes) is 9. The van der Waals surface area contributed by atoms with Gasteiger partial charge in [-0.1, -0.05) is 145 Å². The minimum Gasteiger partial charge on any atom is -0.310 e. The minimum atomic E-state index is 0.0766. The summed E-state index contributed by atoms with van der Waals surface area (Å²) in [5.41, 5.74) is 21.7. The molecule has 0 atom stereocenters. The molecule has 0 fully saturated rings. The fraction of sp³-hybridized carbons (Fsp3) is 0.311. The van der Waals surface area contributed by atoms with Crippen molar-refractivity contribution in [2.75, 3.05) is 4.90 Å². The van der Waals surface area contributed by atoms with Crippen molar-refractivity contribution in [3.63, 3.8) is 0 Å². The summed E-state index contributed by atoms with van der Waals surface area (Å²) in [6.07, 6.45) is 18.6. The van der Waals surface area contributed by atoms with Crippen LogP contribution < -0.4 is 21.3 Å². The third-order valence-electron chi connectivity index (χ3n) is 14.9. The van der Waals surface area contributed by atoms with Gasteiger partial charge in [0, 0.05) is 49.6 Å². The Bertz CT molecular complexity index is 3150. The molecule has 4 heterocycles. The van der Waals surface area contributed by atoms with Gasteiger partial charge in [-0.05, 0) is 151 Å². The normalized spacial score (nSPS) is 12.6. The lowest BCUT2D eigenvalue weighted by Crippen LogP contribution is -2.59. The molecule has 326 valence electrons. The van der Waals surface area contributed by atoms with Gasteiger partial charge in [-0.2, -0.15) is 0 Å². The van der Waals surface area contributed by atoms with Crippen LogP contribution in [0.1, 0.15) is 120 Å². The third kappa shape index (κ3) is 7.20. The number of nitrogens with zero attached hydrogens (tertiary/aromatic N) is 3. The Kier molecular flexibility index (Phi) is 11.4. The van der Waals surface area contributed by atoms with Crippen LogP contribution in [0.25, 0.3) is 55.0 Å². The van der Waals surface area contributed by atoms with Gasteiger partial charge in [-0.3, -0.25) is 0 Å². The van der Waals surface area contributed by atoms with Crippen molar-refractivity contribution >= 4 is 83.8 Å². The molecule has 0 aliphatic carbocycles. The maximum absolute atomic E-state index is 2.72. The topological polar surface area (TPSA) is 13.1 Å². The minimum absolute atomic E-state index is 0.0766. The van der Waals surface area contributed by atoms with Crippen LogP contribution in [-0.2, 0) is 19.3 Å². The highest BCUT2D eigenvalue weighted by atomic mass is 15.2. The van der Waals surface area contributed by atoms with Gasteiger partial charge in [-0.15, -0.1) is 0 Å². The molecule has 3 nitrogen and oxygen atoms in total. The number of hydrogen-bond donors (Lipinski definition) is 0. The molecular formula is C61H64BN3. The van der Waals surface area contributed by atoms with Crippen molar-refractivity contribution in [3.8, 4) is 11.4 Å². The van der Waals surface area contributed by atoms with Gasteiger partial charge in [0.25, 0.3) is 6.71 Å². The van der Waals surface area contributed by atoms with Crippen LogP contribution in [0.4, 0.5) is 17.1 Å². The second-order valence-electron chi connectivity index (χ2n) is 19.4. The average Bonchev–Trinajstić information content (AvgIpc) is 3.84. The predicted molar refractivity (Wildman–Crippen MR) is 283 cm³/mol. The first-order valence-electron chi connectivity index (χ1n) is 25.3. The number of benzene rings is 7. The van der Waals surface area contributed by atoms with Gasteiger partial charge in [0.2, 0.25) is 0 Å². The lowest BCUT2D eigenvalue weighted by Gasteiger charge is -2.37. The lowest BCUT2D eigenvalue weighted by atomic mass is 9.34. The molecule has 0 unspecified atom stereocenters. The molecule has 0 amide bonds. The molecule has 2 aromatic heterocycles. The van der Waals surface area contributed by atoms with E-state index in [9.17, 15) is 0 Å². The zero-order chi connectivity index (χ0) is 44.0. The SMILES string of the molecule is CCCCCCc1ccc2c(c1)c1cc(CCCCCC)cc3c1n2-c1c(N(c2ccccc2)c2ccccc2)ccc2c1B3c1cc(CCCCCC)cc3c4cc(C)ccc4n-2c13. The van der Waals surface area contributed by atoms with E-state index in [0.29, 0.717) is 0 Å². The zero-order valence-electron chi connectivity index (χ0n) is 39.2. The van der Waals surface area contributed by atoms with Crippen molar-refractivity contribution in [2.45, 2.75) is 124 Å². The Hall–Kier alpha value is -6.00. The molecule has 0 saturated heterocycles. The molecule has 2 aliphatic rings. The Balaban J connectivity index is 1.26. The summed E-state index contributed by atoms with van der Waals surface area (Å²) in [5.74, 6) is 0. The summed E-state index contributed by atoms with van der Waals surface area (Å²) >= 11 is 0. The smallest absolute Gasteiger partial charge is 0.252 e. The average molecular weight is 850 g/mol. The van der Waals surface area contributed by atoms with Crippen LogP contribution in [0.2, 0.25) is 0 Å². The van der Waals surface area contributed by atoms with Crippen molar-refractivity contribution in [3.05, 3.63) is 156 Å². The first kappa shape index (κ1) is 41.7. The number of aromatic nitrogens is 2. The van der Waals surface area contributed by atoms with E-state index in [4.69, 9.17) is 0 Å². The number of aryl methyl sites for hydroxylation is 4. The quantitative estimate of drug-likeness (QED) is 0.0619. The molecular weight excluding hydrogens is 786 g/mol. The Morgan fingerprint density at radius 3 is 1.54 bits per heavy atom. The van der Waals surface area contributed by atoms with Crippen LogP contribution in [0.5, 0.6) is 0 Å². The van der Waals surface area contributed by atoms with Crippen LogP contribution in [0.3, 0.4) is 0 Å². The fourth-order valence-electron chi connectivity index (χ4n) is 11.8. The van der Waals surface area contributed by atoms with Gasteiger partial charge in [-0.25, -0.2) is 0 Å². The summed E-state index contributed by atoms with van der Waals surface area (Å²) in [6.45, 7) is 9.30. The zero-order valence-corrected chi connectivity index (χ0v) is 39.2. The fourth-order valence-corrected chi connectivity index (χ4v) is 11.8. The summed E-state index contributed by atoms with van der Waals surface area (Å²) < 4.78 is 5.38. The van der Waals surface area contributed by atoms with Crippen LogP contribution in [-0.4, -0.2) is 15.8 Å². The van der Waals surface area contributed by atoms with Crippen LogP contribution in [0, 0.1) is 6.92 Å². The van der Waals surface area contributed by atoms with E-state index in [2.05, 4.69) is 175 Å². The molecule has 9 aromatic rings. The summed E-state index contributed by atoms with van der Waals surface area (Å²) in [7, 11) is 0. The second kappa shape index (κ2) is 17.8. The van der Waals surface area contributed by atoms with E-state index in [1.807, 2.05) is 0 Å². The first-order valence-corrected chi connectivity index (χ1v) is 25.3. The molecule has 11 rings (SSSR count). The van der Waals surface area contributed by atoms with E-state index in [-0.39, 0.29) is 6.71 Å². The summed E-state index contributed by atoms with van der Waals surface area (Å²) in [5, 5.41) is 5.59. The number of anilines is 3. The van der Waals surface area contributed by atoms with E-state index in [1.54, 1.807) is 0 Å². The van der Waals surface area contributed by atoms with Crippen molar-refractivity contribution in [1.82, 2.24) is 9.13 Å². The molecule has 7 aromatic carbocycles. The van der Waals surface area contributed by atoms with Crippen LogP contribution in [0.15, 0.2) is 133 Å². The highest BCUT2D eigenvalue weighted by Crippen LogP contribution is 2.46. The standard InChI is InChI=1S/C61H64BN3/c1-5-8-11-16-23-43-31-33-55-49(37-43)51-39-45(25-18-13-10-7-3)41-53-60(51)65(55)61-57(63(46-26-19-14-20-27-46)47-28-21-15-22-29-47)35-34-56-58(61)62(53)52-40-44(24-17-12-9-6-2)38-50-48-36-42(4)30-32-54(48)64(56)59(50)52/h14-15,19-22,26-41H,5-13,16-18,23-25H2,1-4H3. The largest absolute Gasteiger partial charge is 0.310 e. The molecule has 0 radical (unpaired) electrons. The molecule has 0 bridgehead atoms. The Morgan fingerprint density at radius 2 is 0.954 bits per heavy atom. The summed E-state index contributed by atoms with van der Waals surface area (Å²) in [6, 6.07) is 52.2. The van der Waals surface area contributed by atoms with Gasteiger partial charge in [0.1, 0.15) is 0 Å². The highest BCUT2D eigenvalue weighted by Gasteiger charge is 2.43. The molecule has 0 saturated carbocycles. The van der Waals surface area contributed by atoms with E-state index in [1.165, 1.54) is 176 Å². The molecule has 0 N–H and O–H groups in total. The van der Waals surface area contributed by atoms with Crippen LogP contribution >= 0.6 is 0 Å². The number of fused-ring (bicyclic) bond motifs is 10. The maximum Gasteiger partial charge on any atom is 0.252 e. The molecule has 0 spiro atoms. The van der Waals surface area contributed by atoms with Gasteiger partial charge in [0.05, 0.1) is 22.4 Å². The molecule has 4 heteroatoms. The predicted octanol–water partition coefficient (Wildman–Crippen LogP) is 15.2. The Labute approximate surface area is 387 Å². The monoisotopic (exact) mass is 850 g/mol. The van der Waals surface area contributed by atoms with E-state index >= 15 is 0 Å². The molecule has 2 aliphatic heterocycles. The number of hydrogen-bond acceptors (Lipinski definition) is 1. The van der Waals surface area contributed by atoms with E-state index in [0.717, 1.165) is 30.6 Å². The lowest BCUT2D eigenvalue weighted by molar-refractivity contribution is 0.667. The highest BCUT2D eigenvalue weighted by molar-refractivity contribution is 7.00. The third-order valence-corrected chi connectivity index (χ3v) is 14.9. The van der Waals surface area contributed by atoms with Gasteiger partial charge >= 0.3 is 0 Å². The molecule has 65 heavy (non-hydrogen) atoms. The number of rotatable bonds is 18. The summed E-state index contributed by atoms with van der Waals surface area (Å²) in [4.78, 5) is 2.52. The van der Waals surface area contributed by atoms with Gasteiger partial charge < -0.3 is 14.0 Å².